The van der Waals surface area contributed by atoms with Crippen molar-refractivity contribution < 1.29 is 27.4 Å². The van der Waals surface area contributed by atoms with Gasteiger partial charge in [-0.25, -0.2) is 0 Å². The van der Waals surface area contributed by atoms with Gasteiger partial charge in [0.2, 0.25) is 5.91 Å². The summed E-state index contributed by atoms with van der Waals surface area (Å²) in [5.41, 5.74) is 1.43. The lowest BCUT2D eigenvalue weighted by atomic mass is 10.1. The first kappa shape index (κ1) is 19.4. The van der Waals surface area contributed by atoms with Gasteiger partial charge in [0, 0.05) is 12.1 Å². The standard InChI is InChI=1S/C19H18F3NO3S/c1-2-25-16-9-4-3-8-15(16)18-23(17(24)12-27-18)11-13-6-5-7-14(10-13)26-19(20,21)22/h3-10,18H,2,11-12H2,1H3. The number of benzene rings is 2. The Labute approximate surface area is 159 Å². The zero-order valence-electron chi connectivity index (χ0n) is 14.5. The maximum atomic E-state index is 12.4. The number of rotatable bonds is 6. The van der Waals surface area contributed by atoms with Crippen molar-refractivity contribution in [2.45, 2.75) is 25.2 Å². The molecule has 1 saturated heterocycles. The van der Waals surface area contributed by atoms with Crippen molar-refractivity contribution in [3.63, 3.8) is 0 Å². The van der Waals surface area contributed by atoms with Gasteiger partial charge in [-0.05, 0) is 30.7 Å². The van der Waals surface area contributed by atoms with Gasteiger partial charge < -0.3 is 14.4 Å². The van der Waals surface area contributed by atoms with E-state index in [1.165, 1.54) is 30.0 Å². The van der Waals surface area contributed by atoms with E-state index >= 15 is 0 Å². The molecule has 8 heteroatoms. The molecule has 144 valence electrons. The average Bonchev–Trinajstić information content (AvgIpc) is 2.95. The number of nitrogens with zero attached hydrogens (tertiary/aromatic N) is 1. The van der Waals surface area contributed by atoms with E-state index in [0.29, 0.717) is 23.7 Å². The zero-order chi connectivity index (χ0) is 19.4. The molecule has 1 fully saturated rings. The number of halogens is 3. The normalized spacial score (nSPS) is 17.3. The summed E-state index contributed by atoms with van der Waals surface area (Å²) in [5.74, 6) is 0.638. The summed E-state index contributed by atoms with van der Waals surface area (Å²) in [6.07, 6.45) is -4.75. The minimum atomic E-state index is -4.75. The number of para-hydroxylation sites is 1. The third-order valence-electron chi connectivity index (χ3n) is 3.94. The van der Waals surface area contributed by atoms with Crippen LogP contribution in [0.25, 0.3) is 0 Å². The SMILES string of the molecule is CCOc1ccccc1C1SCC(=O)N1Cc1cccc(OC(F)(F)F)c1. The van der Waals surface area contributed by atoms with Gasteiger partial charge in [0.05, 0.1) is 12.4 Å². The highest BCUT2D eigenvalue weighted by atomic mass is 32.2. The van der Waals surface area contributed by atoms with Crippen LogP contribution in [0.15, 0.2) is 48.5 Å². The second-order valence-corrected chi connectivity index (χ2v) is 6.92. The van der Waals surface area contributed by atoms with Crippen molar-refractivity contribution in [1.82, 2.24) is 4.90 Å². The fourth-order valence-corrected chi connectivity index (χ4v) is 4.10. The van der Waals surface area contributed by atoms with Crippen LogP contribution in [0, 0.1) is 0 Å². The van der Waals surface area contributed by atoms with E-state index in [9.17, 15) is 18.0 Å². The lowest BCUT2D eigenvalue weighted by Crippen LogP contribution is -2.28. The summed E-state index contributed by atoms with van der Waals surface area (Å²) < 4.78 is 46.9. The van der Waals surface area contributed by atoms with Crippen LogP contribution in [0.5, 0.6) is 11.5 Å². The number of amides is 1. The van der Waals surface area contributed by atoms with E-state index in [2.05, 4.69) is 4.74 Å². The van der Waals surface area contributed by atoms with Crippen LogP contribution in [0.1, 0.15) is 23.4 Å². The molecule has 0 spiro atoms. The van der Waals surface area contributed by atoms with Crippen molar-refractivity contribution in [3.05, 3.63) is 59.7 Å². The molecule has 1 atom stereocenters. The molecule has 2 aromatic carbocycles. The molecule has 1 unspecified atom stereocenters. The molecule has 2 aromatic rings. The van der Waals surface area contributed by atoms with Gasteiger partial charge in [-0.2, -0.15) is 0 Å². The summed E-state index contributed by atoms with van der Waals surface area (Å²) in [4.78, 5) is 14.0. The van der Waals surface area contributed by atoms with Gasteiger partial charge in [-0.15, -0.1) is 24.9 Å². The third-order valence-corrected chi connectivity index (χ3v) is 5.18. The molecule has 0 N–H and O–H groups in total. The van der Waals surface area contributed by atoms with E-state index in [-0.39, 0.29) is 23.6 Å². The van der Waals surface area contributed by atoms with Gasteiger partial charge in [0.25, 0.3) is 0 Å². The molecule has 1 heterocycles. The number of thioether (sulfide) groups is 1. The average molecular weight is 397 g/mol. The fourth-order valence-electron chi connectivity index (χ4n) is 2.89. The Morgan fingerprint density at radius 1 is 1.19 bits per heavy atom. The maximum absolute atomic E-state index is 12.4. The molecule has 27 heavy (non-hydrogen) atoms. The molecule has 0 aromatic heterocycles. The summed E-state index contributed by atoms with van der Waals surface area (Å²) in [5, 5.41) is -0.257. The summed E-state index contributed by atoms with van der Waals surface area (Å²) >= 11 is 1.47. The van der Waals surface area contributed by atoms with Crippen molar-refractivity contribution in [2.24, 2.45) is 0 Å². The van der Waals surface area contributed by atoms with Crippen molar-refractivity contribution in [1.29, 1.82) is 0 Å². The Kier molecular flexibility index (Phi) is 5.84. The van der Waals surface area contributed by atoms with Gasteiger partial charge in [0.15, 0.2) is 0 Å². The predicted octanol–water partition coefficient (Wildman–Crippen LogP) is 4.76. The molecular formula is C19H18F3NO3S. The van der Waals surface area contributed by atoms with Crippen molar-refractivity contribution in [2.75, 3.05) is 12.4 Å². The van der Waals surface area contributed by atoms with Crippen LogP contribution < -0.4 is 9.47 Å². The van der Waals surface area contributed by atoms with Crippen LogP contribution >= 0.6 is 11.8 Å². The summed E-state index contributed by atoms with van der Waals surface area (Å²) in [6.45, 7) is 2.57. The number of carbonyl (C=O) groups is 1. The lowest BCUT2D eigenvalue weighted by Gasteiger charge is -2.26. The van der Waals surface area contributed by atoms with Gasteiger partial charge >= 0.3 is 6.36 Å². The van der Waals surface area contributed by atoms with Crippen LogP contribution in [-0.4, -0.2) is 29.5 Å². The lowest BCUT2D eigenvalue weighted by molar-refractivity contribution is -0.274. The molecule has 0 radical (unpaired) electrons. The highest BCUT2D eigenvalue weighted by molar-refractivity contribution is 8.00. The molecule has 0 aliphatic carbocycles. The maximum Gasteiger partial charge on any atom is 0.573 e. The number of hydrogen-bond acceptors (Lipinski definition) is 4. The number of hydrogen-bond donors (Lipinski definition) is 0. The predicted molar refractivity (Wildman–Crippen MR) is 96.5 cm³/mol. The molecular weight excluding hydrogens is 379 g/mol. The number of ether oxygens (including phenoxy) is 2. The van der Waals surface area contributed by atoms with E-state index in [1.807, 2.05) is 31.2 Å². The first-order chi connectivity index (χ1) is 12.9. The second-order valence-electron chi connectivity index (χ2n) is 5.85. The molecule has 0 bridgehead atoms. The van der Waals surface area contributed by atoms with Crippen LogP contribution in [0.4, 0.5) is 13.2 Å². The minimum Gasteiger partial charge on any atom is -0.493 e. The fraction of sp³-hybridized carbons (Fsp3) is 0.316. The molecule has 0 saturated carbocycles. The first-order valence-corrected chi connectivity index (χ1v) is 9.39. The van der Waals surface area contributed by atoms with Gasteiger partial charge in [-0.1, -0.05) is 30.3 Å². The second kappa shape index (κ2) is 8.12. The van der Waals surface area contributed by atoms with Crippen LogP contribution in [-0.2, 0) is 11.3 Å². The van der Waals surface area contributed by atoms with E-state index < -0.39 is 6.36 Å². The van der Waals surface area contributed by atoms with Crippen LogP contribution in [0.2, 0.25) is 0 Å². The number of alkyl halides is 3. The third kappa shape index (κ3) is 4.88. The van der Waals surface area contributed by atoms with Crippen molar-refractivity contribution >= 4 is 17.7 Å². The highest BCUT2D eigenvalue weighted by Crippen LogP contribution is 2.43. The molecule has 1 aliphatic rings. The van der Waals surface area contributed by atoms with E-state index in [0.717, 1.165) is 5.56 Å². The Balaban J connectivity index is 1.83. The van der Waals surface area contributed by atoms with Crippen LogP contribution in [0.3, 0.4) is 0 Å². The van der Waals surface area contributed by atoms with Gasteiger partial charge in [-0.3, -0.25) is 4.79 Å². The first-order valence-electron chi connectivity index (χ1n) is 8.35. The topological polar surface area (TPSA) is 38.8 Å². The largest absolute Gasteiger partial charge is 0.573 e. The Morgan fingerprint density at radius 3 is 2.70 bits per heavy atom. The quantitative estimate of drug-likeness (QED) is 0.705. The molecule has 1 amide bonds. The minimum absolute atomic E-state index is 0.0709. The smallest absolute Gasteiger partial charge is 0.493 e. The Morgan fingerprint density at radius 2 is 1.96 bits per heavy atom. The highest BCUT2D eigenvalue weighted by Gasteiger charge is 2.35. The van der Waals surface area contributed by atoms with Gasteiger partial charge in [0.1, 0.15) is 16.9 Å². The van der Waals surface area contributed by atoms with E-state index in [4.69, 9.17) is 4.74 Å². The monoisotopic (exact) mass is 397 g/mol. The number of carbonyl (C=O) groups excluding carboxylic acids is 1. The molecule has 3 rings (SSSR count). The Bertz CT molecular complexity index is 813. The van der Waals surface area contributed by atoms with Crippen molar-refractivity contribution in [3.8, 4) is 11.5 Å². The van der Waals surface area contributed by atoms with E-state index in [1.54, 1.807) is 11.0 Å². The summed E-state index contributed by atoms with van der Waals surface area (Å²) in [7, 11) is 0. The molecule has 1 aliphatic heterocycles. The molecule has 4 nitrogen and oxygen atoms in total. The Hall–Kier alpha value is -2.35. The summed E-state index contributed by atoms with van der Waals surface area (Å²) in [6, 6.07) is 13.2. The zero-order valence-corrected chi connectivity index (χ0v) is 15.3.